The number of ether oxygens (including phenoxy) is 2. The van der Waals surface area contributed by atoms with Crippen LogP contribution in [0.5, 0.6) is 11.5 Å². The Kier molecular flexibility index (Phi) is 7.84. The van der Waals surface area contributed by atoms with Crippen molar-refractivity contribution in [3.63, 3.8) is 0 Å². The van der Waals surface area contributed by atoms with E-state index < -0.39 is 15.9 Å². The van der Waals surface area contributed by atoms with Gasteiger partial charge in [0.25, 0.3) is 10.0 Å². The predicted molar refractivity (Wildman–Crippen MR) is 140 cm³/mol. The number of para-hydroxylation sites is 1. The number of hydrogen-bond acceptors (Lipinski definition) is 5. The van der Waals surface area contributed by atoms with Gasteiger partial charge in [0, 0.05) is 6.07 Å². The fourth-order valence-electron chi connectivity index (χ4n) is 4.54. The van der Waals surface area contributed by atoms with Gasteiger partial charge in [0.1, 0.15) is 6.54 Å². The lowest BCUT2D eigenvalue weighted by molar-refractivity contribution is -0.120. The molecule has 1 aliphatic rings. The molecule has 0 aliphatic heterocycles. The third-order valence-electron chi connectivity index (χ3n) is 6.52. The van der Waals surface area contributed by atoms with Gasteiger partial charge in [-0.1, -0.05) is 36.4 Å². The summed E-state index contributed by atoms with van der Waals surface area (Å²) in [6, 6.07) is 19.1. The second kappa shape index (κ2) is 11.0. The summed E-state index contributed by atoms with van der Waals surface area (Å²) in [7, 11) is -1.16. The summed E-state index contributed by atoms with van der Waals surface area (Å²) < 4.78 is 39.0. The molecule has 3 aromatic rings. The highest BCUT2D eigenvalue weighted by Gasteiger charge is 2.29. The maximum atomic E-state index is 13.7. The number of nitrogens with one attached hydrogen (secondary N) is 1. The fraction of sp³-hybridized carbons (Fsp3) is 0.321. The second-order valence-electron chi connectivity index (χ2n) is 8.89. The highest BCUT2D eigenvalue weighted by atomic mass is 32.2. The lowest BCUT2D eigenvalue weighted by Gasteiger charge is -2.26. The molecular formula is C28H32N2O5S. The van der Waals surface area contributed by atoms with Crippen molar-refractivity contribution in [2.75, 3.05) is 25.1 Å². The molecule has 0 aromatic heterocycles. The summed E-state index contributed by atoms with van der Waals surface area (Å²) in [5, 5.41) is 2.98. The third-order valence-corrected chi connectivity index (χ3v) is 8.29. The summed E-state index contributed by atoms with van der Waals surface area (Å²) >= 11 is 0. The van der Waals surface area contributed by atoms with E-state index in [9.17, 15) is 13.2 Å². The van der Waals surface area contributed by atoms with E-state index in [1.807, 2.05) is 13.0 Å². The first kappa shape index (κ1) is 25.6. The zero-order chi connectivity index (χ0) is 25.7. The zero-order valence-electron chi connectivity index (χ0n) is 20.9. The average Bonchev–Trinajstić information content (AvgIpc) is 2.91. The average molecular weight is 509 g/mol. The van der Waals surface area contributed by atoms with E-state index in [-0.39, 0.29) is 23.2 Å². The molecule has 4 rings (SSSR count). The lowest BCUT2D eigenvalue weighted by Crippen LogP contribution is -2.41. The van der Waals surface area contributed by atoms with Crippen molar-refractivity contribution >= 4 is 21.6 Å². The molecule has 36 heavy (non-hydrogen) atoms. The number of anilines is 1. The van der Waals surface area contributed by atoms with Gasteiger partial charge in [0.2, 0.25) is 5.91 Å². The molecule has 1 atom stereocenters. The van der Waals surface area contributed by atoms with E-state index in [2.05, 4.69) is 17.4 Å². The van der Waals surface area contributed by atoms with Crippen molar-refractivity contribution in [2.45, 2.75) is 43.5 Å². The van der Waals surface area contributed by atoms with E-state index in [0.717, 1.165) is 22.7 Å². The Hall–Kier alpha value is -3.52. The first-order valence-electron chi connectivity index (χ1n) is 12.0. The molecule has 0 heterocycles. The van der Waals surface area contributed by atoms with Gasteiger partial charge in [-0.2, -0.15) is 0 Å². The summed E-state index contributed by atoms with van der Waals surface area (Å²) in [5.74, 6) is 0.310. The third kappa shape index (κ3) is 5.49. The molecule has 0 unspecified atom stereocenters. The van der Waals surface area contributed by atoms with Crippen molar-refractivity contribution in [3.8, 4) is 11.5 Å². The molecule has 1 N–H and O–H groups in total. The standard InChI is InChI=1S/C28H32N2O5S/c1-20(22-14-13-21-9-7-8-10-23(21)17-22)29-28(31)19-30(24-11-5-4-6-12-24)36(32,33)25-15-16-26(34-2)27(18-25)35-3/h4-6,11-18,20H,7-10,19H2,1-3H3,(H,29,31)/t20-/m0/s1. The minimum absolute atomic E-state index is 0.000427. The van der Waals surface area contributed by atoms with Crippen LogP contribution in [0.15, 0.2) is 71.6 Å². The van der Waals surface area contributed by atoms with Crippen LogP contribution in [0.25, 0.3) is 0 Å². The number of nitrogens with zero attached hydrogens (tertiary/aromatic N) is 1. The maximum Gasteiger partial charge on any atom is 0.264 e. The molecule has 190 valence electrons. The van der Waals surface area contributed by atoms with Gasteiger partial charge in [-0.05, 0) is 73.6 Å². The number of sulfonamides is 1. The number of hydrogen-bond donors (Lipinski definition) is 1. The Bertz CT molecular complexity index is 1330. The van der Waals surface area contributed by atoms with Crippen LogP contribution < -0.4 is 19.1 Å². The van der Waals surface area contributed by atoms with Gasteiger partial charge < -0.3 is 14.8 Å². The van der Waals surface area contributed by atoms with Crippen molar-refractivity contribution in [1.29, 1.82) is 0 Å². The highest BCUT2D eigenvalue weighted by Crippen LogP contribution is 2.32. The van der Waals surface area contributed by atoms with E-state index >= 15 is 0 Å². The van der Waals surface area contributed by atoms with Crippen LogP contribution in [-0.2, 0) is 27.7 Å². The Morgan fingerprint density at radius 2 is 1.61 bits per heavy atom. The van der Waals surface area contributed by atoms with Crippen LogP contribution in [-0.4, -0.2) is 35.1 Å². The quantitative estimate of drug-likeness (QED) is 0.455. The molecule has 1 amide bonds. The van der Waals surface area contributed by atoms with E-state index in [1.54, 1.807) is 30.3 Å². The first-order valence-corrected chi connectivity index (χ1v) is 13.5. The zero-order valence-corrected chi connectivity index (χ0v) is 21.7. The number of carbonyl (C=O) groups excluding carboxylic acids is 1. The molecule has 7 nitrogen and oxygen atoms in total. The van der Waals surface area contributed by atoms with E-state index in [1.165, 1.54) is 56.4 Å². The minimum atomic E-state index is -4.08. The van der Waals surface area contributed by atoms with E-state index in [4.69, 9.17) is 9.47 Å². The highest BCUT2D eigenvalue weighted by molar-refractivity contribution is 7.92. The molecule has 0 spiro atoms. The molecule has 0 fully saturated rings. The van der Waals surface area contributed by atoms with Crippen molar-refractivity contribution in [1.82, 2.24) is 5.32 Å². The Morgan fingerprint density at radius 3 is 2.31 bits per heavy atom. The van der Waals surface area contributed by atoms with Crippen LogP contribution in [0.1, 0.15) is 42.5 Å². The predicted octanol–water partition coefficient (Wildman–Crippen LogP) is 4.66. The van der Waals surface area contributed by atoms with Crippen LogP contribution in [0.4, 0.5) is 5.69 Å². The number of amides is 1. The van der Waals surface area contributed by atoms with Gasteiger partial charge in [-0.3, -0.25) is 9.10 Å². The van der Waals surface area contributed by atoms with Crippen molar-refractivity contribution in [3.05, 3.63) is 83.4 Å². The van der Waals surface area contributed by atoms with Crippen molar-refractivity contribution < 1.29 is 22.7 Å². The number of aryl methyl sites for hydroxylation is 2. The number of methoxy groups -OCH3 is 2. The Balaban J connectivity index is 1.58. The number of fused-ring (bicyclic) bond motifs is 1. The second-order valence-corrected chi connectivity index (χ2v) is 10.8. The molecular weight excluding hydrogens is 476 g/mol. The molecule has 1 aliphatic carbocycles. The van der Waals surface area contributed by atoms with Gasteiger partial charge in [-0.25, -0.2) is 8.42 Å². The molecule has 3 aromatic carbocycles. The molecule has 0 saturated carbocycles. The molecule has 0 bridgehead atoms. The summed E-state index contributed by atoms with van der Waals surface area (Å²) in [4.78, 5) is 13.1. The van der Waals surface area contributed by atoms with Gasteiger partial charge in [0.05, 0.1) is 30.8 Å². The Morgan fingerprint density at radius 1 is 0.917 bits per heavy atom. The van der Waals surface area contributed by atoms with Gasteiger partial charge >= 0.3 is 0 Å². The minimum Gasteiger partial charge on any atom is -0.493 e. The first-order chi connectivity index (χ1) is 17.3. The molecule has 0 radical (unpaired) electrons. The molecule has 0 saturated heterocycles. The lowest BCUT2D eigenvalue weighted by atomic mass is 9.89. The smallest absolute Gasteiger partial charge is 0.264 e. The summed E-state index contributed by atoms with van der Waals surface area (Å²) in [6.07, 6.45) is 4.53. The summed E-state index contributed by atoms with van der Waals surface area (Å²) in [6.45, 7) is 1.55. The van der Waals surface area contributed by atoms with Crippen LogP contribution in [0.3, 0.4) is 0 Å². The van der Waals surface area contributed by atoms with Crippen LogP contribution >= 0.6 is 0 Å². The van der Waals surface area contributed by atoms with Gasteiger partial charge in [-0.15, -0.1) is 0 Å². The topological polar surface area (TPSA) is 84.9 Å². The number of benzene rings is 3. The molecule has 8 heteroatoms. The summed E-state index contributed by atoms with van der Waals surface area (Å²) in [5.41, 5.74) is 4.11. The fourth-order valence-corrected chi connectivity index (χ4v) is 5.97. The van der Waals surface area contributed by atoms with E-state index in [0.29, 0.717) is 11.4 Å². The normalized spacial score (nSPS) is 13.9. The monoisotopic (exact) mass is 508 g/mol. The number of rotatable bonds is 9. The maximum absolute atomic E-state index is 13.7. The largest absolute Gasteiger partial charge is 0.493 e. The van der Waals surface area contributed by atoms with Crippen LogP contribution in [0.2, 0.25) is 0 Å². The number of carbonyl (C=O) groups is 1. The SMILES string of the molecule is COc1ccc(S(=O)(=O)N(CC(=O)N[C@@H](C)c2ccc3c(c2)CCCC3)c2ccccc2)cc1OC. The van der Waals surface area contributed by atoms with Crippen molar-refractivity contribution in [2.24, 2.45) is 0 Å². The van der Waals surface area contributed by atoms with Gasteiger partial charge in [0.15, 0.2) is 11.5 Å². The van der Waals surface area contributed by atoms with Crippen LogP contribution in [0, 0.1) is 0 Å². The Labute approximate surface area is 213 Å².